The van der Waals surface area contributed by atoms with Crippen LogP contribution in [0.1, 0.15) is 37.7 Å². The van der Waals surface area contributed by atoms with Crippen molar-refractivity contribution in [3.8, 4) is 0 Å². The lowest BCUT2D eigenvalue weighted by Gasteiger charge is -2.22. The van der Waals surface area contributed by atoms with Crippen molar-refractivity contribution >= 4 is 11.9 Å². The van der Waals surface area contributed by atoms with E-state index in [4.69, 9.17) is 9.47 Å². The highest BCUT2D eigenvalue weighted by Crippen LogP contribution is 2.15. The first kappa shape index (κ1) is 17.5. The van der Waals surface area contributed by atoms with Gasteiger partial charge < -0.3 is 14.8 Å². The summed E-state index contributed by atoms with van der Waals surface area (Å²) < 4.78 is 10.3. The van der Waals surface area contributed by atoms with Crippen molar-refractivity contribution in [2.24, 2.45) is 5.92 Å². The van der Waals surface area contributed by atoms with Crippen LogP contribution in [0.3, 0.4) is 0 Å². The monoisotopic (exact) mass is 319 g/mol. The number of rotatable bonds is 8. The quantitative estimate of drug-likeness (QED) is 0.746. The van der Waals surface area contributed by atoms with Gasteiger partial charge in [0, 0.05) is 0 Å². The Hall–Kier alpha value is -1.88. The van der Waals surface area contributed by atoms with E-state index < -0.39 is 0 Å². The second-order valence-electron chi connectivity index (χ2n) is 5.85. The van der Waals surface area contributed by atoms with E-state index in [1.807, 2.05) is 30.3 Å². The first-order valence-corrected chi connectivity index (χ1v) is 8.30. The minimum atomic E-state index is -0.371. The Labute approximate surface area is 137 Å². The van der Waals surface area contributed by atoms with Gasteiger partial charge in [-0.25, -0.2) is 0 Å². The zero-order valence-corrected chi connectivity index (χ0v) is 13.5. The molecule has 0 unspecified atom stereocenters. The number of benzene rings is 1. The van der Waals surface area contributed by atoms with Crippen LogP contribution in [0.4, 0.5) is 0 Å². The molecule has 0 spiro atoms. The lowest BCUT2D eigenvalue weighted by atomic mass is 9.95. The molecule has 23 heavy (non-hydrogen) atoms. The molecule has 2 rings (SSSR count). The molecule has 0 amide bonds. The van der Waals surface area contributed by atoms with Crippen molar-refractivity contribution in [2.75, 3.05) is 19.7 Å². The molecule has 5 heteroatoms. The first-order chi connectivity index (χ1) is 11.2. The number of esters is 2. The molecule has 0 aromatic heterocycles. The van der Waals surface area contributed by atoms with E-state index in [2.05, 4.69) is 5.32 Å². The average Bonchev–Trinajstić information content (AvgIpc) is 2.60. The van der Waals surface area contributed by atoms with Gasteiger partial charge in [-0.2, -0.15) is 0 Å². The maximum Gasteiger partial charge on any atom is 0.306 e. The van der Waals surface area contributed by atoms with Gasteiger partial charge in [-0.3, -0.25) is 9.59 Å². The summed E-state index contributed by atoms with van der Waals surface area (Å²) in [5.41, 5.74) is 0.936. The Morgan fingerprint density at radius 1 is 1.00 bits per heavy atom. The number of hydrogen-bond acceptors (Lipinski definition) is 5. The summed E-state index contributed by atoms with van der Waals surface area (Å²) in [6, 6.07) is 9.47. The molecule has 0 radical (unpaired) electrons. The van der Waals surface area contributed by atoms with Crippen LogP contribution in [0.5, 0.6) is 0 Å². The summed E-state index contributed by atoms with van der Waals surface area (Å²) in [4.78, 5) is 23.2. The van der Waals surface area contributed by atoms with Gasteiger partial charge in [0.15, 0.2) is 0 Å². The number of nitrogens with one attached hydrogen (secondary N) is 1. The number of piperidine rings is 1. The molecule has 0 aliphatic carbocycles. The molecule has 0 saturated carbocycles. The minimum absolute atomic E-state index is 0.0685. The Balaban J connectivity index is 1.52. The van der Waals surface area contributed by atoms with Crippen molar-refractivity contribution < 1.29 is 19.1 Å². The summed E-state index contributed by atoms with van der Waals surface area (Å²) in [6.07, 6.45) is 3.34. The highest BCUT2D eigenvalue weighted by Gasteiger charge is 2.14. The van der Waals surface area contributed by atoms with Crippen LogP contribution < -0.4 is 5.32 Å². The first-order valence-electron chi connectivity index (χ1n) is 8.30. The summed E-state index contributed by atoms with van der Waals surface area (Å²) >= 11 is 0. The van der Waals surface area contributed by atoms with E-state index in [0.717, 1.165) is 37.9 Å². The Morgan fingerprint density at radius 3 is 2.35 bits per heavy atom. The molecular formula is C18H25NO4. The van der Waals surface area contributed by atoms with Crippen molar-refractivity contribution in [1.29, 1.82) is 0 Å². The van der Waals surface area contributed by atoms with Gasteiger partial charge in [0.05, 0.1) is 19.4 Å². The summed E-state index contributed by atoms with van der Waals surface area (Å²) in [6.45, 7) is 2.78. The summed E-state index contributed by atoms with van der Waals surface area (Å²) in [7, 11) is 0. The zero-order chi connectivity index (χ0) is 16.3. The van der Waals surface area contributed by atoms with E-state index in [0.29, 0.717) is 12.5 Å². The molecule has 1 saturated heterocycles. The Bertz CT molecular complexity index is 483. The van der Waals surface area contributed by atoms with E-state index in [1.165, 1.54) is 0 Å². The van der Waals surface area contributed by atoms with Gasteiger partial charge in [-0.15, -0.1) is 0 Å². The topological polar surface area (TPSA) is 64.6 Å². The fourth-order valence-electron chi connectivity index (χ4n) is 2.60. The smallest absolute Gasteiger partial charge is 0.306 e. The maximum absolute atomic E-state index is 11.6. The highest BCUT2D eigenvalue weighted by atomic mass is 16.5. The minimum Gasteiger partial charge on any atom is -0.466 e. The van der Waals surface area contributed by atoms with E-state index in [9.17, 15) is 9.59 Å². The van der Waals surface area contributed by atoms with Crippen molar-refractivity contribution in [3.63, 3.8) is 0 Å². The number of carbonyl (C=O) groups is 2. The second kappa shape index (κ2) is 10.0. The summed E-state index contributed by atoms with van der Waals surface area (Å²) in [5.74, 6) is -0.0559. The fraction of sp³-hybridized carbons (Fsp3) is 0.556. The van der Waals surface area contributed by atoms with Crippen LogP contribution >= 0.6 is 0 Å². The van der Waals surface area contributed by atoms with Crippen LogP contribution in [0.2, 0.25) is 0 Å². The van der Waals surface area contributed by atoms with E-state index in [-0.39, 0.29) is 31.4 Å². The van der Waals surface area contributed by atoms with Gasteiger partial charge in [-0.05, 0) is 43.8 Å². The standard InChI is InChI=1S/C18H25NO4/c20-17(22-13-10-15-8-11-19-12-9-15)6-7-18(21)23-14-16-4-2-1-3-5-16/h1-5,15,19H,6-14H2. The molecule has 1 fully saturated rings. The van der Waals surface area contributed by atoms with E-state index in [1.54, 1.807) is 0 Å². The van der Waals surface area contributed by atoms with Crippen LogP contribution in [0, 0.1) is 5.92 Å². The molecule has 1 aliphatic heterocycles. The average molecular weight is 319 g/mol. The maximum atomic E-state index is 11.6. The van der Waals surface area contributed by atoms with E-state index >= 15 is 0 Å². The second-order valence-corrected chi connectivity index (χ2v) is 5.85. The van der Waals surface area contributed by atoms with Crippen molar-refractivity contribution in [3.05, 3.63) is 35.9 Å². The number of hydrogen-bond donors (Lipinski definition) is 1. The van der Waals surface area contributed by atoms with Gasteiger partial charge in [-0.1, -0.05) is 30.3 Å². The largest absolute Gasteiger partial charge is 0.466 e. The van der Waals surface area contributed by atoms with Gasteiger partial charge in [0.1, 0.15) is 6.61 Å². The van der Waals surface area contributed by atoms with Gasteiger partial charge >= 0.3 is 11.9 Å². The van der Waals surface area contributed by atoms with Crippen LogP contribution in [0.15, 0.2) is 30.3 Å². The van der Waals surface area contributed by atoms with Gasteiger partial charge in [0.25, 0.3) is 0 Å². The fourth-order valence-corrected chi connectivity index (χ4v) is 2.60. The van der Waals surface area contributed by atoms with Crippen LogP contribution in [-0.4, -0.2) is 31.6 Å². The molecule has 1 aliphatic rings. The van der Waals surface area contributed by atoms with Crippen LogP contribution in [-0.2, 0) is 25.7 Å². The molecular weight excluding hydrogens is 294 g/mol. The lowest BCUT2D eigenvalue weighted by molar-refractivity contribution is -0.151. The van der Waals surface area contributed by atoms with Crippen molar-refractivity contribution in [2.45, 2.75) is 38.7 Å². The van der Waals surface area contributed by atoms with Crippen molar-refractivity contribution in [1.82, 2.24) is 5.32 Å². The normalized spacial score (nSPS) is 15.1. The lowest BCUT2D eigenvalue weighted by Crippen LogP contribution is -2.28. The molecule has 1 heterocycles. The highest BCUT2D eigenvalue weighted by molar-refractivity contribution is 5.77. The Kier molecular flexibility index (Phi) is 7.60. The summed E-state index contributed by atoms with van der Waals surface area (Å²) in [5, 5.41) is 3.31. The molecule has 5 nitrogen and oxygen atoms in total. The third-order valence-corrected chi connectivity index (χ3v) is 4.02. The van der Waals surface area contributed by atoms with Gasteiger partial charge in [0.2, 0.25) is 0 Å². The SMILES string of the molecule is O=C(CCC(=O)OCc1ccccc1)OCCC1CCNCC1. The molecule has 126 valence electrons. The third-order valence-electron chi connectivity index (χ3n) is 4.02. The molecule has 0 bridgehead atoms. The molecule has 1 aromatic rings. The molecule has 0 atom stereocenters. The Morgan fingerprint density at radius 2 is 1.65 bits per heavy atom. The zero-order valence-electron chi connectivity index (χ0n) is 13.5. The predicted octanol–water partition coefficient (Wildman–Crippen LogP) is 2.44. The predicted molar refractivity (Wildman–Crippen MR) is 86.6 cm³/mol. The number of carbonyl (C=O) groups excluding carboxylic acids is 2. The molecule has 1 N–H and O–H groups in total. The number of ether oxygens (including phenoxy) is 2. The molecule has 1 aromatic carbocycles. The van der Waals surface area contributed by atoms with Crippen LogP contribution in [0.25, 0.3) is 0 Å². The third kappa shape index (κ3) is 7.28.